The van der Waals surface area contributed by atoms with Gasteiger partial charge < -0.3 is 45.1 Å². The summed E-state index contributed by atoms with van der Waals surface area (Å²) in [5, 5.41) is 54.2. The second-order valence-corrected chi connectivity index (χ2v) is 13.5. The summed E-state index contributed by atoms with van der Waals surface area (Å²) in [6.07, 6.45) is -3.50. The zero-order valence-corrected chi connectivity index (χ0v) is 24.7. The maximum atomic E-state index is 14.3. The van der Waals surface area contributed by atoms with E-state index < -0.39 is 79.3 Å². The van der Waals surface area contributed by atoms with E-state index in [2.05, 4.69) is 5.32 Å². The topological polar surface area (TPSA) is 206 Å². The van der Waals surface area contributed by atoms with Gasteiger partial charge in [-0.1, -0.05) is 13.3 Å². The number of ether oxygens (including phenoxy) is 3. The molecule has 12 heteroatoms. The number of carbonyl (C=O) groups is 2. The molecule has 2 aliphatic heterocycles. The molecule has 3 aliphatic carbocycles. The first-order valence-electron chi connectivity index (χ1n) is 15.9. The Balaban J connectivity index is 1.35. The first-order valence-corrected chi connectivity index (χ1v) is 15.9. The molecule has 0 spiro atoms. The van der Waals surface area contributed by atoms with E-state index >= 15 is 0 Å². The maximum Gasteiger partial charge on any atom is 0.186 e. The fourth-order valence-electron chi connectivity index (χ4n) is 8.82. The van der Waals surface area contributed by atoms with Gasteiger partial charge in [0.15, 0.2) is 6.29 Å². The molecule has 0 aromatic heterocycles. The minimum atomic E-state index is -1.63. The van der Waals surface area contributed by atoms with Gasteiger partial charge in [-0.25, -0.2) is 0 Å². The SMILES string of the molecule is CCC1C(OC)CC(OC2OC(CO)C(O)C(O)C2O)C2C(=O)C3C(O)CC(CCC4CCC(N)[NH2+]C4)CC3C(=O)C12. The number of rotatable bonds is 8. The standard InChI is InChI=1S/C30H50N2O10/c1-3-15-18(40-2)10-19(41-30-29(39)28(38)26(36)20(12-33)42-30)24-23(15)25(35)16-8-14(9-17(34)22(16)27(24)37)5-4-13-6-7-21(31)32-11-13/h13-24,26,28-30,32-34,36,38-39H,3-12,31H2,1-2H3/p+1. The molecular formula is C30H51N2O10+. The maximum absolute atomic E-state index is 14.3. The van der Waals surface area contributed by atoms with Crippen molar-refractivity contribution in [1.82, 2.24) is 0 Å². The monoisotopic (exact) mass is 599 g/mol. The third-order valence-electron chi connectivity index (χ3n) is 11.1. The van der Waals surface area contributed by atoms with Crippen molar-refractivity contribution in [2.45, 2.75) is 113 Å². The van der Waals surface area contributed by atoms with Crippen molar-refractivity contribution >= 4 is 11.6 Å². The molecule has 2 saturated heterocycles. The van der Waals surface area contributed by atoms with Crippen molar-refractivity contribution in [3.63, 3.8) is 0 Å². The molecule has 240 valence electrons. The first-order chi connectivity index (χ1) is 20.1. The van der Waals surface area contributed by atoms with Crippen LogP contribution in [0.3, 0.4) is 0 Å². The van der Waals surface area contributed by atoms with Crippen LogP contribution < -0.4 is 11.1 Å². The Bertz CT molecular complexity index is 945. The first kappa shape index (κ1) is 32.3. The van der Waals surface area contributed by atoms with Crippen LogP contribution in [0, 0.1) is 41.4 Å². The van der Waals surface area contributed by atoms with Gasteiger partial charge in [0.25, 0.3) is 0 Å². The third-order valence-corrected chi connectivity index (χ3v) is 11.1. The van der Waals surface area contributed by atoms with Crippen molar-refractivity contribution in [1.29, 1.82) is 0 Å². The van der Waals surface area contributed by atoms with Crippen LogP contribution in [0.1, 0.15) is 58.3 Å². The third kappa shape index (κ3) is 6.09. The largest absolute Gasteiger partial charge is 0.394 e. The van der Waals surface area contributed by atoms with Gasteiger partial charge in [0.05, 0.1) is 43.3 Å². The fraction of sp³-hybridized carbons (Fsp3) is 0.933. The highest BCUT2D eigenvalue weighted by molar-refractivity contribution is 6.00. The lowest BCUT2D eigenvalue weighted by atomic mass is 9.52. The van der Waals surface area contributed by atoms with E-state index in [-0.39, 0.29) is 36.0 Å². The van der Waals surface area contributed by atoms with E-state index in [9.17, 15) is 35.1 Å². The van der Waals surface area contributed by atoms with Crippen LogP contribution in [0.5, 0.6) is 0 Å². The number of methoxy groups -OCH3 is 1. The van der Waals surface area contributed by atoms with Crippen LogP contribution in [0.15, 0.2) is 0 Å². The Hall–Kier alpha value is -1.06. The number of fused-ring (bicyclic) bond motifs is 2. The second-order valence-electron chi connectivity index (χ2n) is 13.5. The number of carbonyl (C=O) groups excluding carboxylic acids is 2. The van der Waals surface area contributed by atoms with Gasteiger partial charge in [-0.3, -0.25) is 15.3 Å². The van der Waals surface area contributed by atoms with Gasteiger partial charge in [-0.15, -0.1) is 0 Å². The van der Waals surface area contributed by atoms with Gasteiger partial charge in [0.2, 0.25) is 0 Å². The summed E-state index contributed by atoms with van der Waals surface area (Å²) in [4.78, 5) is 28.6. The molecule has 42 heavy (non-hydrogen) atoms. The predicted octanol–water partition coefficient (Wildman–Crippen LogP) is -1.96. The molecule has 5 rings (SSSR count). The van der Waals surface area contributed by atoms with Crippen LogP contribution in [0.25, 0.3) is 0 Å². The Morgan fingerprint density at radius 2 is 1.64 bits per heavy atom. The van der Waals surface area contributed by atoms with E-state index in [4.69, 9.17) is 19.9 Å². The zero-order chi connectivity index (χ0) is 30.3. The molecule has 16 atom stereocenters. The van der Waals surface area contributed by atoms with Gasteiger partial charge in [0.1, 0.15) is 42.1 Å². The number of ketones is 2. The average Bonchev–Trinajstić information content (AvgIpc) is 2.98. The van der Waals surface area contributed by atoms with Gasteiger partial charge in [-0.2, -0.15) is 0 Å². The molecular weight excluding hydrogens is 548 g/mol. The van der Waals surface area contributed by atoms with Crippen molar-refractivity contribution in [2.75, 3.05) is 20.3 Å². The van der Waals surface area contributed by atoms with Crippen LogP contribution in [0.2, 0.25) is 0 Å². The minimum Gasteiger partial charge on any atom is -0.394 e. The summed E-state index contributed by atoms with van der Waals surface area (Å²) in [6, 6.07) is 0. The Morgan fingerprint density at radius 3 is 2.29 bits per heavy atom. The van der Waals surface area contributed by atoms with Crippen molar-refractivity contribution in [3.05, 3.63) is 0 Å². The highest BCUT2D eigenvalue weighted by atomic mass is 16.7. The molecule has 2 heterocycles. The van der Waals surface area contributed by atoms with Gasteiger partial charge in [0, 0.05) is 37.7 Å². The Kier molecular flexibility index (Phi) is 10.4. The number of aliphatic hydroxyl groups is 5. The lowest BCUT2D eigenvalue weighted by molar-refractivity contribution is -0.702. The van der Waals surface area contributed by atoms with Crippen LogP contribution >= 0.6 is 0 Å². The van der Waals surface area contributed by atoms with Crippen LogP contribution in [-0.2, 0) is 23.8 Å². The molecule has 5 fully saturated rings. The number of quaternary nitrogens is 1. The van der Waals surface area contributed by atoms with Crippen molar-refractivity contribution < 1.29 is 54.6 Å². The summed E-state index contributed by atoms with van der Waals surface area (Å²) in [6.45, 7) is 2.36. The van der Waals surface area contributed by atoms with Crippen LogP contribution in [0.4, 0.5) is 0 Å². The molecule has 0 aromatic carbocycles. The molecule has 0 aromatic rings. The lowest BCUT2D eigenvalue weighted by Gasteiger charge is -2.53. The molecule has 12 nitrogen and oxygen atoms in total. The number of hydrogen-bond acceptors (Lipinski definition) is 11. The van der Waals surface area contributed by atoms with Crippen LogP contribution in [-0.4, -0.2) is 113 Å². The molecule has 16 unspecified atom stereocenters. The van der Waals surface area contributed by atoms with E-state index in [0.717, 1.165) is 32.2 Å². The van der Waals surface area contributed by atoms with E-state index in [1.54, 1.807) is 7.11 Å². The Labute approximate surface area is 247 Å². The minimum absolute atomic E-state index is 0.0266. The molecule has 9 N–H and O–H groups in total. The smallest absolute Gasteiger partial charge is 0.186 e. The quantitative estimate of drug-likeness (QED) is 0.163. The number of Topliss-reactive ketones (excluding diaryl/α,β-unsaturated/α-hetero) is 2. The van der Waals surface area contributed by atoms with E-state index in [1.165, 1.54) is 0 Å². The summed E-state index contributed by atoms with van der Waals surface area (Å²) in [7, 11) is 1.56. The van der Waals surface area contributed by atoms with Crippen molar-refractivity contribution in [3.8, 4) is 0 Å². The molecule has 5 aliphatic rings. The highest BCUT2D eigenvalue weighted by Gasteiger charge is 2.61. The molecule has 0 bridgehead atoms. The Morgan fingerprint density at radius 1 is 0.905 bits per heavy atom. The fourth-order valence-corrected chi connectivity index (χ4v) is 8.82. The second kappa shape index (κ2) is 13.5. The van der Waals surface area contributed by atoms with E-state index in [0.29, 0.717) is 25.2 Å². The number of nitrogens with two attached hydrogens (primary N) is 2. The normalized spacial score (nSPS) is 49.8. The van der Waals surface area contributed by atoms with Gasteiger partial charge in [-0.05, 0) is 43.9 Å². The molecule has 0 radical (unpaired) electrons. The predicted molar refractivity (Wildman–Crippen MR) is 147 cm³/mol. The van der Waals surface area contributed by atoms with E-state index in [1.807, 2.05) is 6.92 Å². The van der Waals surface area contributed by atoms with Gasteiger partial charge >= 0.3 is 0 Å². The number of piperidine rings is 1. The number of aliphatic hydroxyl groups excluding tert-OH is 5. The lowest BCUT2D eigenvalue weighted by Crippen LogP contribution is -2.95. The number of hydrogen-bond donors (Lipinski definition) is 7. The summed E-state index contributed by atoms with van der Waals surface area (Å²) < 4.78 is 17.6. The average molecular weight is 600 g/mol. The summed E-state index contributed by atoms with van der Waals surface area (Å²) >= 11 is 0. The molecule has 0 amide bonds. The molecule has 3 saturated carbocycles. The zero-order valence-electron chi connectivity index (χ0n) is 24.7. The highest BCUT2D eigenvalue weighted by Crippen LogP contribution is 2.52. The summed E-state index contributed by atoms with van der Waals surface area (Å²) in [5.74, 6) is -2.62. The van der Waals surface area contributed by atoms with Crippen molar-refractivity contribution in [2.24, 2.45) is 47.2 Å². The summed E-state index contributed by atoms with van der Waals surface area (Å²) in [5.41, 5.74) is 6.02.